The summed E-state index contributed by atoms with van der Waals surface area (Å²) in [5.74, 6) is -2.81. The van der Waals surface area contributed by atoms with Gasteiger partial charge in [0.1, 0.15) is 6.61 Å². The predicted octanol–water partition coefficient (Wildman–Crippen LogP) is -2.57. The average Bonchev–Trinajstić information content (AvgIpc) is 2.58. The van der Waals surface area contributed by atoms with Crippen LogP contribution in [0.1, 0.15) is 80.4 Å². The largest absolute Gasteiger partial charge is 1.00 e. The number of carbonyl (C=O) groups excluding carboxylic acids is 1. The predicted molar refractivity (Wildman–Crippen MR) is 103 cm³/mol. The fourth-order valence-electron chi connectivity index (χ4n) is 2.56. The Morgan fingerprint density at radius 1 is 0.862 bits per heavy atom. The van der Waals surface area contributed by atoms with Gasteiger partial charge in [0.05, 0.1) is 13.0 Å². The van der Waals surface area contributed by atoms with E-state index in [0.717, 1.165) is 19.3 Å². The molecule has 0 aliphatic carbocycles. The molecule has 2 N–H and O–H groups in total. The Labute approximate surface area is 222 Å². The zero-order valence-electron chi connectivity index (χ0n) is 20.2. The number of carbonyl (C=O) groups is 2. The van der Waals surface area contributed by atoms with E-state index >= 15 is 0 Å². The molecule has 0 aliphatic rings. The van der Waals surface area contributed by atoms with Crippen molar-refractivity contribution in [2.75, 3.05) is 19.8 Å². The van der Waals surface area contributed by atoms with Crippen molar-refractivity contribution in [3.05, 3.63) is 0 Å². The maximum Gasteiger partial charge on any atom is 1.00 e. The van der Waals surface area contributed by atoms with Gasteiger partial charge in [-0.2, -0.15) is 8.42 Å². The fraction of sp³-hybridized carbons (Fsp3) is 0.889. The summed E-state index contributed by atoms with van der Waals surface area (Å²) in [6.07, 6.45) is 11.1. The molecule has 0 fully saturated rings. The molecule has 11 heteroatoms. The summed E-state index contributed by atoms with van der Waals surface area (Å²) >= 11 is 0. The number of unbranched alkanes of at least 4 members (excludes halogenated alkanes) is 9. The van der Waals surface area contributed by atoms with Gasteiger partial charge in [0.2, 0.25) is 0 Å². The van der Waals surface area contributed by atoms with Crippen LogP contribution in [-0.2, 0) is 29.2 Å². The first-order valence-corrected chi connectivity index (χ1v) is 11.2. The molecule has 0 spiro atoms. The molecule has 0 saturated carbocycles. The van der Waals surface area contributed by atoms with Crippen LogP contribution >= 0.6 is 0 Å². The average molecular weight is 459 g/mol. The molecule has 8 nitrogen and oxygen atoms in total. The minimum Gasteiger partial charge on any atom is -1.00 e. The van der Waals surface area contributed by atoms with Gasteiger partial charge in [0.15, 0.2) is 5.25 Å². The molecule has 0 amide bonds. The molecule has 0 aromatic carbocycles. The van der Waals surface area contributed by atoms with Crippen molar-refractivity contribution in [2.45, 2.75) is 82.8 Å². The monoisotopic (exact) mass is 458 g/mol. The van der Waals surface area contributed by atoms with Crippen molar-refractivity contribution in [1.82, 2.24) is 0 Å². The third-order valence-electron chi connectivity index (χ3n) is 4.10. The van der Waals surface area contributed by atoms with Crippen molar-refractivity contribution in [3.8, 4) is 0 Å². The van der Waals surface area contributed by atoms with Crippen LogP contribution in [0.3, 0.4) is 0 Å². The maximum absolute atomic E-state index is 11.6. The molecule has 1 unspecified atom stereocenters. The summed E-state index contributed by atoms with van der Waals surface area (Å²) in [5.41, 5.74) is 0. The number of esters is 1. The number of hydrogen-bond donors (Lipinski definition) is 2. The van der Waals surface area contributed by atoms with Crippen LogP contribution in [0.5, 0.6) is 0 Å². The topological polar surface area (TPSA) is 127 Å². The molecule has 1 atom stereocenters. The van der Waals surface area contributed by atoms with Crippen molar-refractivity contribution in [2.24, 2.45) is 0 Å². The van der Waals surface area contributed by atoms with E-state index in [1.165, 1.54) is 44.9 Å². The zero-order chi connectivity index (χ0) is 20.5. The first-order valence-electron chi connectivity index (χ1n) is 9.71. The summed E-state index contributed by atoms with van der Waals surface area (Å²) in [4.78, 5) is 22.1. The SMILES string of the molecule is CCCCCCCCCCCCOCCOC(=O)C(CC(=O)O)S(=O)(=O)O.[H-].[H-].[Na+].[Na+]. The standard InChI is InChI=1S/C18H34O8S.2Na.2H/c1-2-3-4-5-6-7-8-9-10-11-12-25-13-14-26-18(21)16(15-17(19)20)27(22,23)24;;;;/h16H,2-15H2,1H3,(H,19,20)(H,22,23,24);;;;/q;2*+1;2*-1. The minimum atomic E-state index is -4.82. The van der Waals surface area contributed by atoms with Gasteiger partial charge >= 0.3 is 71.1 Å². The van der Waals surface area contributed by atoms with E-state index in [9.17, 15) is 18.0 Å². The number of rotatable bonds is 18. The van der Waals surface area contributed by atoms with E-state index < -0.39 is 33.7 Å². The molecule has 0 aromatic heterocycles. The van der Waals surface area contributed by atoms with Crippen molar-refractivity contribution in [1.29, 1.82) is 0 Å². The Morgan fingerprint density at radius 3 is 1.79 bits per heavy atom. The fourth-order valence-corrected chi connectivity index (χ4v) is 3.22. The van der Waals surface area contributed by atoms with Crippen molar-refractivity contribution >= 4 is 22.1 Å². The molecule has 0 aliphatic heterocycles. The van der Waals surface area contributed by atoms with Gasteiger partial charge in [-0.05, 0) is 6.42 Å². The van der Waals surface area contributed by atoms with Gasteiger partial charge in [0, 0.05) is 6.61 Å². The molecule has 0 bridgehead atoms. The van der Waals surface area contributed by atoms with Gasteiger partial charge < -0.3 is 17.4 Å². The molecule has 0 saturated heterocycles. The van der Waals surface area contributed by atoms with E-state index in [1.54, 1.807) is 0 Å². The van der Waals surface area contributed by atoms with E-state index in [1.807, 2.05) is 0 Å². The van der Waals surface area contributed by atoms with Gasteiger partial charge in [-0.25, -0.2) is 0 Å². The Morgan fingerprint density at radius 2 is 1.34 bits per heavy atom. The van der Waals surface area contributed by atoms with Gasteiger partial charge in [-0.1, -0.05) is 64.7 Å². The minimum absolute atomic E-state index is 0. The number of hydrogen-bond acceptors (Lipinski definition) is 6. The second kappa shape index (κ2) is 22.0. The summed E-state index contributed by atoms with van der Waals surface area (Å²) in [5, 5.41) is 6.47. The zero-order valence-corrected chi connectivity index (χ0v) is 23.0. The summed E-state index contributed by atoms with van der Waals surface area (Å²) in [7, 11) is -4.82. The van der Waals surface area contributed by atoms with Crippen LogP contribution in [0.4, 0.5) is 0 Å². The van der Waals surface area contributed by atoms with E-state index in [2.05, 4.69) is 11.7 Å². The molecular weight excluding hydrogens is 422 g/mol. The van der Waals surface area contributed by atoms with Gasteiger partial charge in [0.25, 0.3) is 10.1 Å². The van der Waals surface area contributed by atoms with Gasteiger partial charge in [-0.3, -0.25) is 14.1 Å². The van der Waals surface area contributed by atoms with Crippen LogP contribution in [0, 0.1) is 0 Å². The Bertz CT molecular complexity index is 525. The van der Waals surface area contributed by atoms with Gasteiger partial charge in [-0.15, -0.1) is 0 Å². The number of carboxylic acid groups (broad SMARTS) is 1. The number of aliphatic carboxylic acids is 1. The Hall–Kier alpha value is 0.810. The van der Waals surface area contributed by atoms with Crippen molar-refractivity contribution < 1.29 is 99.1 Å². The van der Waals surface area contributed by atoms with Crippen LogP contribution < -0.4 is 59.1 Å². The maximum atomic E-state index is 11.6. The van der Waals surface area contributed by atoms with Crippen LogP contribution in [0.15, 0.2) is 0 Å². The third-order valence-corrected chi connectivity index (χ3v) is 5.17. The summed E-state index contributed by atoms with van der Waals surface area (Å²) < 4.78 is 40.9. The molecule has 0 rings (SSSR count). The van der Waals surface area contributed by atoms with E-state index in [0.29, 0.717) is 6.61 Å². The molecule has 0 aromatic rings. The van der Waals surface area contributed by atoms with Crippen molar-refractivity contribution in [3.63, 3.8) is 0 Å². The normalized spacial score (nSPS) is 11.8. The molecule has 0 radical (unpaired) electrons. The number of carboxylic acids is 1. The molecule has 0 heterocycles. The van der Waals surface area contributed by atoms with Crippen LogP contribution in [-0.4, -0.2) is 55.1 Å². The smallest absolute Gasteiger partial charge is 1.00 e. The summed E-state index contributed by atoms with van der Waals surface area (Å²) in [6.45, 7) is 2.63. The number of ether oxygens (including phenoxy) is 2. The summed E-state index contributed by atoms with van der Waals surface area (Å²) in [6, 6.07) is 0. The first kappa shape index (κ1) is 34.4. The second-order valence-corrected chi connectivity index (χ2v) is 8.16. The molecule has 29 heavy (non-hydrogen) atoms. The van der Waals surface area contributed by atoms with Crippen LogP contribution in [0.2, 0.25) is 0 Å². The quantitative estimate of drug-likeness (QED) is 0.0993. The van der Waals surface area contributed by atoms with Crippen LogP contribution in [0.25, 0.3) is 0 Å². The Kier molecular flexibility index (Phi) is 26.1. The van der Waals surface area contributed by atoms with E-state index in [4.69, 9.17) is 14.4 Å². The molecular formula is C18H36Na2O8S. The molecule has 164 valence electrons. The van der Waals surface area contributed by atoms with E-state index in [-0.39, 0.29) is 75.2 Å². The first-order chi connectivity index (χ1) is 12.8. The second-order valence-electron chi connectivity index (χ2n) is 6.56. The Balaban J connectivity index is -0.000000563. The third kappa shape index (κ3) is 21.8.